The number of carbonyl (C=O) groups excluding carboxylic acids is 1. The maximum Gasteiger partial charge on any atom is 0.312 e. The Bertz CT molecular complexity index is 949. The van der Waals surface area contributed by atoms with Gasteiger partial charge < -0.3 is 15.2 Å². The fourth-order valence-corrected chi connectivity index (χ4v) is 2.78. The predicted octanol–water partition coefficient (Wildman–Crippen LogP) is 3.85. The number of phenolic OH excluding ortho intramolecular Hbond substituents is 1. The quantitative estimate of drug-likeness (QED) is 0.213. The average Bonchev–Trinajstić information content (AvgIpc) is 2.63. The highest BCUT2D eigenvalue weighted by molar-refractivity contribution is 14.1. The molecule has 0 aliphatic carbocycles. The molecule has 0 aliphatic rings. The van der Waals surface area contributed by atoms with Crippen molar-refractivity contribution >= 4 is 45.9 Å². The summed E-state index contributed by atoms with van der Waals surface area (Å²) >= 11 is 1.73. The van der Waals surface area contributed by atoms with Gasteiger partial charge in [0.15, 0.2) is 0 Å². The number of aromatic hydroxyl groups is 1. The van der Waals surface area contributed by atoms with Crippen LogP contribution in [-0.2, 0) is 4.79 Å². The topological polar surface area (TPSA) is 125 Å². The summed E-state index contributed by atoms with van der Waals surface area (Å²) in [6.07, 6.45) is 1.22. The zero-order chi connectivity index (χ0) is 20.0. The van der Waals surface area contributed by atoms with Crippen molar-refractivity contribution in [3.8, 4) is 17.6 Å². The van der Waals surface area contributed by atoms with Crippen LogP contribution < -0.4 is 10.1 Å². The van der Waals surface area contributed by atoms with Gasteiger partial charge in [0.05, 0.1) is 15.1 Å². The van der Waals surface area contributed by atoms with Crippen LogP contribution in [-0.4, -0.2) is 22.5 Å². The normalized spacial score (nSPS) is 10.8. The van der Waals surface area contributed by atoms with Gasteiger partial charge in [0, 0.05) is 11.8 Å². The van der Waals surface area contributed by atoms with Crippen LogP contribution in [0.3, 0.4) is 0 Å². The molecule has 0 radical (unpaired) electrons. The molecule has 27 heavy (non-hydrogen) atoms. The van der Waals surface area contributed by atoms with E-state index in [1.54, 1.807) is 52.9 Å². The summed E-state index contributed by atoms with van der Waals surface area (Å²) in [6, 6.07) is 10.9. The maximum atomic E-state index is 12.3. The van der Waals surface area contributed by atoms with Crippen LogP contribution >= 0.6 is 22.6 Å². The highest BCUT2D eigenvalue weighted by Crippen LogP contribution is 2.33. The summed E-state index contributed by atoms with van der Waals surface area (Å²) in [6.45, 7) is 2.37. The van der Waals surface area contributed by atoms with Crippen molar-refractivity contribution in [1.29, 1.82) is 5.26 Å². The number of phenols is 1. The summed E-state index contributed by atoms with van der Waals surface area (Å²) in [4.78, 5) is 22.6. The largest absolute Gasteiger partial charge is 0.501 e. The first-order valence-corrected chi connectivity index (χ1v) is 8.76. The number of anilines is 1. The molecule has 0 fully saturated rings. The van der Waals surface area contributed by atoms with Gasteiger partial charge in [0.25, 0.3) is 5.91 Å². The summed E-state index contributed by atoms with van der Waals surface area (Å²) in [5.74, 6) is -0.472. The van der Waals surface area contributed by atoms with Crippen molar-refractivity contribution in [2.75, 3.05) is 11.9 Å². The molecular formula is C18H14IN3O5. The van der Waals surface area contributed by atoms with Crippen LogP contribution in [0.1, 0.15) is 12.5 Å². The van der Waals surface area contributed by atoms with Gasteiger partial charge in [-0.15, -0.1) is 0 Å². The standard InChI is InChI=1S/C18H14IN3O5/c1-2-27-14-5-3-13(4-6-14)21-18(24)12(10-20)7-11-8-15(19)17(23)16(9-11)22(25)26/h3-9,23H,2H2,1H3,(H,21,24)/b12-7+. The lowest BCUT2D eigenvalue weighted by Crippen LogP contribution is -2.13. The van der Waals surface area contributed by atoms with Crippen molar-refractivity contribution in [1.82, 2.24) is 0 Å². The van der Waals surface area contributed by atoms with Crippen molar-refractivity contribution in [2.24, 2.45) is 0 Å². The molecule has 0 aromatic heterocycles. The van der Waals surface area contributed by atoms with Crippen LogP contribution in [0.2, 0.25) is 0 Å². The molecule has 0 saturated carbocycles. The molecule has 2 N–H and O–H groups in total. The number of carbonyl (C=O) groups is 1. The van der Waals surface area contributed by atoms with Gasteiger partial charge in [0.2, 0.25) is 5.75 Å². The second kappa shape index (κ2) is 9.00. The Morgan fingerprint density at radius 2 is 2.07 bits per heavy atom. The first-order valence-electron chi connectivity index (χ1n) is 7.68. The molecular weight excluding hydrogens is 465 g/mol. The number of rotatable bonds is 6. The van der Waals surface area contributed by atoms with Crippen LogP contribution in [0, 0.1) is 25.0 Å². The smallest absolute Gasteiger partial charge is 0.312 e. The lowest BCUT2D eigenvalue weighted by molar-refractivity contribution is -0.386. The highest BCUT2D eigenvalue weighted by Gasteiger charge is 2.18. The third kappa shape index (κ3) is 5.18. The summed E-state index contributed by atoms with van der Waals surface area (Å²) in [7, 11) is 0. The lowest BCUT2D eigenvalue weighted by Gasteiger charge is -2.07. The van der Waals surface area contributed by atoms with E-state index in [-0.39, 0.29) is 14.7 Å². The Morgan fingerprint density at radius 1 is 1.41 bits per heavy atom. The molecule has 2 rings (SSSR count). The van der Waals surface area contributed by atoms with Crippen LogP contribution in [0.5, 0.6) is 11.5 Å². The fraction of sp³-hybridized carbons (Fsp3) is 0.111. The number of nitro groups is 1. The van der Waals surface area contributed by atoms with Crippen molar-refractivity contribution in [2.45, 2.75) is 6.92 Å². The number of hydrogen-bond donors (Lipinski definition) is 2. The molecule has 1 amide bonds. The number of benzene rings is 2. The van der Waals surface area contributed by atoms with Crippen LogP contribution in [0.4, 0.5) is 11.4 Å². The molecule has 9 heteroatoms. The number of nitrogens with zero attached hydrogens (tertiary/aromatic N) is 2. The minimum atomic E-state index is -0.735. The zero-order valence-corrected chi connectivity index (χ0v) is 16.3. The van der Waals surface area contributed by atoms with Crippen LogP contribution in [0.25, 0.3) is 6.08 Å². The van der Waals surface area contributed by atoms with Gasteiger partial charge in [-0.25, -0.2) is 0 Å². The lowest BCUT2D eigenvalue weighted by atomic mass is 10.1. The van der Waals surface area contributed by atoms with Gasteiger partial charge in [0.1, 0.15) is 17.4 Å². The van der Waals surface area contributed by atoms with Gasteiger partial charge in [-0.05, 0) is 71.5 Å². The van der Waals surface area contributed by atoms with E-state index in [4.69, 9.17) is 4.74 Å². The van der Waals surface area contributed by atoms with Gasteiger partial charge in [-0.3, -0.25) is 14.9 Å². The van der Waals surface area contributed by atoms with Crippen molar-refractivity contribution < 1.29 is 19.6 Å². The molecule has 2 aromatic carbocycles. The SMILES string of the molecule is CCOc1ccc(NC(=O)/C(C#N)=C/c2cc(I)c(O)c([N+](=O)[O-])c2)cc1. The fourth-order valence-electron chi connectivity index (χ4n) is 2.14. The molecule has 8 nitrogen and oxygen atoms in total. The Labute approximate surface area is 168 Å². The molecule has 0 unspecified atom stereocenters. The second-order valence-electron chi connectivity index (χ2n) is 5.21. The van der Waals surface area contributed by atoms with E-state index in [1.807, 2.05) is 6.92 Å². The highest BCUT2D eigenvalue weighted by atomic mass is 127. The van der Waals surface area contributed by atoms with Crippen molar-refractivity contribution in [3.63, 3.8) is 0 Å². The zero-order valence-electron chi connectivity index (χ0n) is 14.1. The van der Waals surface area contributed by atoms with Gasteiger partial charge >= 0.3 is 5.69 Å². The van der Waals surface area contributed by atoms with Crippen molar-refractivity contribution in [3.05, 3.63) is 61.2 Å². The van der Waals surface area contributed by atoms with E-state index in [2.05, 4.69) is 5.32 Å². The van der Waals surface area contributed by atoms with Gasteiger partial charge in [-0.2, -0.15) is 5.26 Å². The third-order valence-corrected chi connectivity index (χ3v) is 4.18. The molecule has 0 atom stereocenters. The monoisotopic (exact) mass is 479 g/mol. The summed E-state index contributed by atoms with van der Waals surface area (Å²) in [5.41, 5.74) is -0.0183. The number of ether oxygens (including phenoxy) is 1. The number of nitriles is 1. The Morgan fingerprint density at radius 3 is 2.63 bits per heavy atom. The van der Waals surface area contributed by atoms with E-state index in [9.17, 15) is 25.3 Å². The molecule has 0 aliphatic heterocycles. The predicted molar refractivity (Wildman–Crippen MR) is 107 cm³/mol. The average molecular weight is 479 g/mol. The minimum Gasteiger partial charge on any atom is -0.501 e. The number of halogens is 1. The third-order valence-electron chi connectivity index (χ3n) is 3.36. The molecule has 0 spiro atoms. The van der Waals surface area contributed by atoms with Gasteiger partial charge in [-0.1, -0.05) is 0 Å². The number of hydrogen-bond acceptors (Lipinski definition) is 6. The molecule has 138 valence electrons. The molecule has 0 bridgehead atoms. The van der Waals surface area contributed by atoms with E-state index in [0.29, 0.717) is 18.0 Å². The molecule has 2 aromatic rings. The Hall–Kier alpha value is -3.13. The van der Waals surface area contributed by atoms with E-state index >= 15 is 0 Å². The number of nitrogens with one attached hydrogen (secondary N) is 1. The summed E-state index contributed by atoms with van der Waals surface area (Å²) < 4.78 is 5.55. The first kappa shape index (κ1) is 20.2. The molecule has 0 saturated heterocycles. The Kier molecular flexibility index (Phi) is 6.73. The van der Waals surface area contributed by atoms with E-state index in [1.165, 1.54) is 12.1 Å². The minimum absolute atomic E-state index is 0.234. The number of amides is 1. The first-order chi connectivity index (χ1) is 12.8. The summed E-state index contributed by atoms with van der Waals surface area (Å²) in [5, 5.41) is 32.6. The maximum absolute atomic E-state index is 12.3. The van der Waals surface area contributed by atoms with Crippen LogP contribution in [0.15, 0.2) is 42.0 Å². The Balaban J connectivity index is 2.26. The number of nitro benzene ring substituents is 1. The molecule has 0 heterocycles. The van der Waals surface area contributed by atoms with E-state index in [0.717, 1.165) is 6.07 Å². The van der Waals surface area contributed by atoms with E-state index < -0.39 is 22.3 Å². The second-order valence-corrected chi connectivity index (χ2v) is 6.37.